The Hall–Kier alpha value is -0.0500. The molecule has 1 aliphatic rings. The van der Waals surface area contributed by atoms with Crippen LogP contribution in [0.15, 0.2) is 22.7 Å². The van der Waals surface area contributed by atoms with E-state index in [1.807, 2.05) is 12.1 Å². The second-order valence-corrected chi connectivity index (χ2v) is 7.37. The van der Waals surface area contributed by atoms with Crippen molar-refractivity contribution in [2.24, 2.45) is 17.6 Å². The summed E-state index contributed by atoms with van der Waals surface area (Å²) in [6.07, 6.45) is 6.37. The third kappa shape index (κ3) is 3.34. The van der Waals surface area contributed by atoms with Crippen molar-refractivity contribution >= 4 is 27.5 Å². The minimum absolute atomic E-state index is 0.328. The van der Waals surface area contributed by atoms with Crippen LogP contribution in [0.2, 0.25) is 5.02 Å². The largest absolute Gasteiger partial charge is 0.321 e. The Morgan fingerprint density at radius 1 is 1.42 bits per heavy atom. The molecule has 1 saturated carbocycles. The molecule has 1 fully saturated rings. The molecule has 19 heavy (non-hydrogen) atoms. The molecule has 2 N–H and O–H groups in total. The average Bonchev–Trinajstić information content (AvgIpc) is 2.38. The summed E-state index contributed by atoms with van der Waals surface area (Å²) < 4.78 is 1.01. The Labute approximate surface area is 130 Å². The molecule has 3 unspecified atom stereocenters. The van der Waals surface area contributed by atoms with Crippen molar-refractivity contribution in [2.45, 2.75) is 51.5 Å². The van der Waals surface area contributed by atoms with Crippen LogP contribution in [-0.2, 0) is 5.54 Å². The van der Waals surface area contributed by atoms with Crippen LogP contribution in [0.3, 0.4) is 0 Å². The first-order valence-corrected chi connectivity index (χ1v) is 8.36. The van der Waals surface area contributed by atoms with E-state index in [4.69, 9.17) is 17.3 Å². The van der Waals surface area contributed by atoms with Gasteiger partial charge in [-0.2, -0.15) is 0 Å². The standard InChI is InChI=1S/C16H23BrClN/c1-3-11-5-4-6-12(9-11)16(2,19)14-8-7-13(17)10-15(14)18/h7-8,10-12H,3-6,9,19H2,1-2H3. The summed E-state index contributed by atoms with van der Waals surface area (Å²) in [5.74, 6) is 1.36. The molecule has 0 spiro atoms. The van der Waals surface area contributed by atoms with Gasteiger partial charge in [-0.05, 0) is 49.3 Å². The van der Waals surface area contributed by atoms with Gasteiger partial charge in [0.1, 0.15) is 0 Å². The van der Waals surface area contributed by atoms with Crippen molar-refractivity contribution in [1.29, 1.82) is 0 Å². The maximum atomic E-state index is 6.68. The lowest BCUT2D eigenvalue weighted by Gasteiger charge is -2.40. The van der Waals surface area contributed by atoms with Gasteiger partial charge in [0.15, 0.2) is 0 Å². The summed E-state index contributed by atoms with van der Waals surface area (Å²) in [7, 11) is 0. The Morgan fingerprint density at radius 2 is 2.16 bits per heavy atom. The van der Waals surface area contributed by atoms with E-state index in [9.17, 15) is 0 Å². The highest BCUT2D eigenvalue weighted by Crippen LogP contribution is 2.42. The quantitative estimate of drug-likeness (QED) is 0.770. The maximum absolute atomic E-state index is 6.68. The van der Waals surface area contributed by atoms with Gasteiger partial charge in [-0.15, -0.1) is 0 Å². The zero-order valence-corrected chi connectivity index (χ0v) is 14.1. The number of hydrogen-bond acceptors (Lipinski definition) is 1. The first-order valence-electron chi connectivity index (χ1n) is 7.19. The van der Waals surface area contributed by atoms with Gasteiger partial charge in [0.25, 0.3) is 0 Å². The Kier molecular flexibility index (Phi) is 4.97. The van der Waals surface area contributed by atoms with Crippen LogP contribution in [0, 0.1) is 11.8 Å². The predicted molar refractivity (Wildman–Crippen MR) is 86.4 cm³/mol. The van der Waals surface area contributed by atoms with Gasteiger partial charge in [0.2, 0.25) is 0 Å². The van der Waals surface area contributed by atoms with Gasteiger partial charge in [-0.1, -0.05) is 59.8 Å². The molecule has 0 aromatic heterocycles. The summed E-state index contributed by atoms with van der Waals surface area (Å²) >= 11 is 9.85. The fraction of sp³-hybridized carbons (Fsp3) is 0.625. The number of halogens is 2. The third-order valence-electron chi connectivity index (χ3n) is 4.72. The summed E-state index contributed by atoms with van der Waals surface area (Å²) in [6.45, 7) is 4.43. The molecular weight excluding hydrogens is 322 g/mol. The van der Waals surface area contributed by atoms with E-state index in [1.54, 1.807) is 0 Å². The van der Waals surface area contributed by atoms with Crippen LogP contribution in [0.5, 0.6) is 0 Å². The zero-order valence-electron chi connectivity index (χ0n) is 11.8. The van der Waals surface area contributed by atoms with Gasteiger partial charge >= 0.3 is 0 Å². The minimum Gasteiger partial charge on any atom is -0.321 e. The number of hydrogen-bond donors (Lipinski definition) is 1. The molecule has 0 aliphatic heterocycles. The summed E-state index contributed by atoms with van der Waals surface area (Å²) in [4.78, 5) is 0. The summed E-state index contributed by atoms with van der Waals surface area (Å²) in [6, 6.07) is 6.05. The van der Waals surface area contributed by atoms with Crippen LogP contribution >= 0.6 is 27.5 Å². The molecule has 106 valence electrons. The Bertz CT molecular complexity index is 444. The van der Waals surface area contributed by atoms with E-state index in [2.05, 4.69) is 35.8 Å². The monoisotopic (exact) mass is 343 g/mol. The number of nitrogens with two attached hydrogens (primary N) is 1. The van der Waals surface area contributed by atoms with Gasteiger partial charge in [0.05, 0.1) is 0 Å². The normalized spacial score (nSPS) is 27.0. The van der Waals surface area contributed by atoms with E-state index in [0.29, 0.717) is 5.92 Å². The van der Waals surface area contributed by atoms with Crippen molar-refractivity contribution in [3.8, 4) is 0 Å². The summed E-state index contributed by atoms with van der Waals surface area (Å²) in [5, 5.41) is 0.776. The molecule has 1 nitrogen and oxygen atoms in total. The first kappa shape index (κ1) is 15.3. The smallest absolute Gasteiger partial charge is 0.0467 e. The SMILES string of the molecule is CCC1CCCC(C(C)(N)c2ccc(Br)cc2Cl)C1. The fourth-order valence-electron chi connectivity index (χ4n) is 3.35. The highest BCUT2D eigenvalue weighted by molar-refractivity contribution is 9.10. The van der Waals surface area contributed by atoms with Gasteiger partial charge in [-0.25, -0.2) is 0 Å². The van der Waals surface area contributed by atoms with E-state index in [0.717, 1.165) is 21.0 Å². The molecule has 3 atom stereocenters. The van der Waals surface area contributed by atoms with Crippen molar-refractivity contribution in [3.05, 3.63) is 33.3 Å². The van der Waals surface area contributed by atoms with Crippen LogP contribution in [0.25, 0.3) is 0 Å². The van der Waals surface area contributed by atoms with Crippen molar-refractivity contribution < 1.29 is 0 Å². The average molecular weight is 345 g/mol. The number of benzene rings is 1. The highest BCUT2D eigenvalue weighted by Gasteiger charge is 2.36. The minimum atomic E-state index is -0.328. The molecule has 3 heteroatoms. The van der Waals surface area contributed by atoms with Crippen molar-refractivity contribution in [2.75, 3.05) is 0 Å². The lowest BCUT2D eigenvalue weighted by atomic mass is 9.69. The van der Waals surface area contributed by atoms with Crippen molar-refractivity contribution in [3.63, 3.8) is 0 Å². The third-order valence-corrected chi connectivity index (χ3v) is 5.53. The Balaban J connectivity index is 2.25. The lowest BCUT2D eigenvalue weighted by Crippen LogP contribution is -2.43. The Morgan fingerprint density at radius 3 is 2.79 bits per heavy atom. The maximum Gasteiger partial charge on any atom is 0.0467 e. The van der Waals surface area contributed by atoms with Crippen LogP contribution in [-0.4, -0.2) is 0 Å². The summed E-state index contributed by atoms with van der Waals surface area (Å²) in [5.41, 5.74) is 7.44. The molecule has 1 aliphatic carbocycles. The first-order chi connectivity index (χ1) is 8.95. The molecule has 1 aromatic carbocycles. The van der Waals surface area contributed by atoms with E-state index in [-0.39, 0.29) is 5.54 Å². The molecule has 0 bridgehead atoms. The van der Waals surface area contributed by atoms with E-state index >= 15 is 0 Å². The van der Waals surface area contributed by atoms with Gasteiger partial charge in [-0.3, -0.25) is 0 Å². The van der Waals surface area contributed by atoms with Crippen LogP contribution < -0.4 is 5.73 Å². The lowest BCUT2D eigenvalue weighted by molar-refractivity contribution is 0.173. The zero-order chi connectivity index (χ0) is 14.0. The number of rotatable bonds is 3. The highest BCUT2D eigenvalue weighted by atomic mass is 79.9. The molecule has 0 saturated heterocycles. The second kappa shape index (κ2) is 6.15. The molecule has 1 aromatic rings. The van der Waals surface area contributed by atoms with E-state index < -0.39 is 0 Å². The van der Waals surface area contributed by atoms with E-state index in [1.165, 1.54) is 32.1 Å². The van der Waals surface area contributed by atoms with Gasteiger partial charge in [0, 0.05) is 15.0 Å². The predicted octanol–water partition coefficient (Wildman–Crippen LogP) is 5.49. The molecule has 2 rings (SSSR count). The van der Waals surface area contributed by atoms with Crippen LogP contribution in [0.1, 0.15) is 51.5 Å². The second-order valence-electron chi connectivity index (χ2n) is 6.04. The van der Waals surface area contributed by atoms with Gasteiger partial charge < -0.3 is 5.73 Å². The molecule has 0 radical (unpaired) electrons. The molecule has 0 heterocycles. The topological polar surface area (TPSA) is 26.0 Å². The van der Waals surface area contributed by atoms with Crippen LogP contribution in [0.4, 0.5) is 0 Å². The van der Waals surface area contributed by atoms with Crippen molar-refractivity contribution in [1.82, 2.24) is 0 Å². The molecular formula is C16H23BrClN. The fourth-order valence-corrected chi connectivity index (χ4v) is 4.23. The molecule has 0 amide bonds.